The number of carbonyl (C=O) groups excluding carboxylic acids is 2. The Bertz CT molecular complexity index is 838. The van der Waals surface area contributed by atoms with E-state index in [0.717, 1.165) is 10.5 Å². The molecule has 8 heteroatoms. The van der Waals surface area contributed by atoms with E-state index in [4.69, 9.17) is 0 Å². The number of imide groups is 1. The minimum atomic E-state index is -0.538. The fraction of sp³-hybridized carbons (Fsp3) is 0.235. The molecule has 1 aromatic carbocycles. The summed E-state index contributed by atoms with van der Waals surface area (Å²) in [6.07, 6.45) is 3.43. The molecule has 2 aromatic rings. The van der Waals surface area contributed by atoms with Crippen LogP contribution in [0.15, 0.2) is 42.7 Å². The van der Waals surface area contributed by atoms with Crippen LogP contribution in [-0.4, -0.2) is 21.7 Å². The number of pyridine rings is 1. The number of nitro groups is 1. The number of anilines is 2. The van der Waals surface area contributed by atoms with Crippen molar-refractivity contribution >= 4 is 28.9 Å². The molecule has 0 bridgehead atoms. The Morgan fingerprint density at radius 2 is 2.16 bits per heavy atom. The molecule has 128 valence electrons. The molecule has 1 atom stereocenters. The van der Waals surface area contributed by atoms with Crippen molar-refractivity contribution in [3.8, 4) is 0 Å². The van der Waals surface area contributed by atoms with Gasteiger partial charge in [0.05, 0.1) is 10.6 Å². The summed E-state index contributed by atoms with van der Waals surface area (Å²) >= 11 is 0. The minimum absolute atomic E-state index is 0.119. The van der Waals surface area contributed by atoms with Gasteiger partial charge in [0.15, 0.2) is 0 Å². The topological polar surface area (TPSA) is 105 Å². The number of rotatable bonds is 5. The largest absolute Gasteiger partial charge is 0.375 e. The molecule has 1 saturated heterocycles. The van der Waals surface area contributed by atoms with Crippen LogP contribution in [0.25, 0.3) is 0 Å². The Hall–Kier alpha value is -3.29. The molecule has 1 N–H and O–H groups in total. The minimum Gasteiger partial charge on any atom is -0.375 e. The van der Waals surface area contributed by atoms with E-state index in [2.05, 4.69) is 10.3 Å². The Labute approximate surface area is 143 Å². The number of hydrogen-bond acceptors (Lipinski definition) is 6. The van der Waals surface area contributed by atoms with Crippen LogP contribution < -0.4 is 10.2 Å². The lowest BCUT2D eigenvalue weighted by Crippen LogP contribution is -2.30. The zero-order valence-corrected chi connectivity index (χ0v) is 13.5. The third-order valence-corrected chi connectivity index (χ3v) is 4.01. The number of amides is 2. The normalized spacial score (nSPS) is 17.0. The summed E-state index contributed by atoms with van der Waals surface area (Å²) in [5.74, 6) is -1.09. The molecule has 8 nitrogen and oxygen atoms in total. The van der Waals surface area contributed by atoms with Crippen LogP contribution in [-0.2, 0) is 16.1 Å². The summed E-state index contributed by atoms with van der Waals surface area (Å²) < 4.78 is 0. The van der Waals surface area contributed by atoms with E-state index in [0.29, 0.717) is 12.2 Å². The van der Waals surface area contributed by atoms with Crippen molar-refractivity contribution in [2.75, 3.05) is 10.2 Å². The summed E-state index contributed by atoms with van der Waals surface area (Å²) in [6.45, 7) is 2.03. The molecular formula is C17H16N4O4. The second-order valence-electron chi connectivity index (χ2n) is 5.85. The van der Waals surface area contributed by atoms with Crippen molar-refractivity contribution in [2.24, 2.45) is 5.92 Å². The Morgan fingerprint density at radius 1 is 1.36 bits per heavy atom. The highest BCUT2D eigenvalue weighted by Gasteiger charge is 2.37. The maximum absolute atomic E-state index is 12.1. The maximum Gasteiger partial charge on any atom is 0.294 e. The second kappa shape index (κ2) is 6.68. The molecule has 0 unspecified atom stereocenters. The third kappa shape index (κ3) is 3.32. The highest BCUT2D eigenvalue weighted by atomic mass is 16.6. The van der Waals surface area contributed by atoms with Crippen molar-refractivity contribution in [1.82, 2.24) is 4.98 Å². The maximum atomic E-state index is 12.1. The summed E-state index contributed by atoms with van der Waals surface area (Å²) in [5, 5.41) is 14.4. The van der Waals surface area contributed by atoms with E-state index >= 15 is 0 Å². The number of benzene rings is 1. The molecule has 25 heavy (non-hydrogen) atoms. The van der Waals surface area contributed by atoms with Crippen molar-refractivity contribution in [3.63, 3.8) is 0 Å². The van der Waals surface area contributed by atoms with Gasteiger partial charge in [-0.05, 0) is 23.8 Å². The predicted octanol–water partition coefficient (Wildman–Crippen LogP) is 2.50. The average molecular weight is 340 g/mol. The van der Waals surface area contributed by atoms with E-state index in [1.807, 2.05) is 6.07 Å². The summed E-state index contributed by atoms with van der Waals surface area (Å²) in [5.41, 5.74) is 1.21. The number of aromatic nitrogens is 1. The van der Waals surface area contributed by atoms with Gasteiger partial charge in [-0.15, -0.1) is 0 Å². The SMILES string of the molecule is C[C@H]1CC(=O)N(c2ccc(NCc3cccnc3)c([N+](=O)[O-])c2)C1=O. The van der Waals surface area contributed by atoms with E-state index in [1.54, 1.807) is 25.4 Å². The zero-order valence-electron chi connectivity index (χ0n) is 13.5. The second-order valence-corrected chi connectivity index (χ2v) is 5.85. The standard InChI is InChI=1S/C17H16N4O4/c1-11-7-16(22)20(17(11)23)13-4-5-14(15(8-13)21(24)25)19-10-12-3-2-6-18-9-12/h2-6,8-9,11,19H,7,10H2,1H3/t11-/m0/s1. The van der Waals surface area contributed by atoms with Gasteiger partial charge in [0.25, 0.3) is 5.69 Å². The molecule has 1 aliphatic rings. The van der Waals surface area contributed by atoms with Crippen molar-refractivity contribution in [2.45, 2.75) is 19.9 Å². The van der Waals surface area contributed by atoms with Crippen LogP contribution in [0.3, 0.4) is 0 Å². The molecule has 1 aromatic heterocycles. The first-order chi connectivity index (χ1) is 12.0. The van der Waals surface area contributed by atoms with Crippen molar-refractivity contribution < 1.29 is 14.5 Å². The van der Waals surface area contributed by atoms with Gasteiger partial charge in [0, 0.05) is 37.3 Å². The average Bonchev–Trinajstić information content (AvgIpc) is 2.86. The predicted molar refractivity (Wildman–Crippen MR) is 90.9 cm³/mol. The highest BCUT2D eigenvalue weighted by molar-refractivity contribution is 6.21. The number of carbonyl (C=O) groups is 2. The molecule has 0 spiro atoms. The van der Waals surface area contributed by atoms with E-state index in [-0.39, 0.29) is 29.6 Å². The first-order valence-corrected chi connectivity index (χ1v) is 7.75. The fourth-order valence-corrected chi connectivity index (χ4v) is 2.71. The first-order valence-electron chi connectivity index (χ1n) is 7.75. The number of hydrogen-bond donors (Lipinski definition) is 1. The van der Waals surface area contributed by atoms with Gasteiger partial charge in [0.2, 0.25) is 11.8 Å². The van der Waals surface area contributed by atoms with Crippen LogP contribution in [0.1, 0.15) is 18.9 Å². The number of nitrogens with zero attached hydrogens (tertiary/aromatic N) is 3. The van der Waals surface area contributed by atoms with Crippen molar-refractivity contribution in [3.05, 3.63) is 58.4 Å². The lowest BCUT2D eigenvalue weighted by atomic mass is 10.1. The summed E-state index contributed by atoms with van der Waals surface area (Å²) in [4.78, 5) is 40.0. The Kier molecular flexibility index (Phi) is 4.42. The van der Waals surface area contributed by atoms with Crippen LogP contribution >= 0.6 is 0 Å². The molecule has 0 saturated carbocycles. The lowest BCUT2D eigenvalue weighted by Gasteiger charge is -2.15. The van der Waals surface area contributed by atoms with Crippen LogP contribution in [0.2, 0.25) is 0 Å². The summed E-state index contributed by atoms with van der Waals surface area (Å²) in [6, 6.07) is 7.92. The third-order valence-electron chi connectivity index (χ3n) is 4.01. The van der Waals surface area contributed by atoms with Gasteiger partial charge in [-0.3, -0.25) is 29.6 Å². The number of nitro benzene ring substituents is 1. The van der Waals surface area contributed by atoms with E-state index < -0.39 is 10.8 Å². The molecule has 0 aliphatic carbocycles. The molecule has 1 aliphatic heterocycles. The molecular weight excluding hydrogens is 324 g/mol. The van der Waals surface area contributed by atoms with Crippen LogP contribution in [0, 0.1) is 16.0 Å². The molecule has 0 radical (unpaired) electrons. The monoisotopic (exact) mass is 340 g/mol. The van der Waals surface area contributed by atoms with Gasteiger partial charge < -0.3 is 5.32 Å². The summed E-state index contributed by atoms with van der Waals surface area (Å²) in [7, 11) is 0. The molecule has 2 heterocycles. The van der Waals surface area contributed by atoms with Gasteiger partial charge in [-0.2, -0.15) is 0 Å². The van der Waals surface area contributed by atoms with E-state index in [1.165, 1.54) is 18.2 Å². The lowest BCUT2D eigenvalue weighted by molar-refractivity contribution is -0.383. The van der Waals surface area contributed by atoms with Crippen LogP contribution in [0.4, 0.5) is 17.1 Å². The Balaban J connectivity index is 1.87. The van der Waals surface area contributed by atoms with Gasteiger partial charge in [0.1, 0.15) is 5.69 Å². The smallest absolute Gasteiger partial charge is 0.294 e. The van der Waals surface area contributed by atoms with Crippen LogP contribution in [0.5, 0.6) is 0 Å². The van der Waals surface area contributed by atoms with Gasteiger partial charge in [-0.1, -0.05) is 13.0 Å². The molecule has 1 fully saturated rings. The first kappa shape index (κ1) is 16.6. The highest BCUT2D eigenvalue weighted by Crippen LogP contribution is 2.33. The quantitative estimate of drug-likeness (QED) is 0.509. The Morgan fingerprint density at radius 3 is 2.76 bits per heavy atom. The van der Waals surface area contributed by atoms with Crippen molar-refractivity contribution in [1.29, 1.82) is 0 Å². The fourth-order valence-electron chi connectivity index (χ4n) is 2.71. The molecule has 3 rings (SSSR count). The van der Waals surface area contributed by atoms with Gasteiger partial charge in [-0.25, -0.2) is 0 Å². The van der Waals surface area contributed by atoms with Gasteiger partial charge >= 0.3 is 0 Å². The van der Waals surface area contributed by atoms with E-state index in [9.17, 15) is 19.7 Å². The number of nitrogens with one attached hydrogen (secondary N) is 1. The zero-order chi connectivity index (χ0) is 18.0. The molecule has 2 amide bonds.